The van der Waals surface area contributed by atoms with E-state index in [1.54, 1.807) is 10.6 Å². The molecule has 4 rings (SSSR count). The van der Waals surface area contributed by atoms with E-state index < -0.39 is 34.9 Å². The number of fused-ring (bicyclic) bond motifs is 1. The molecule has 4 heterocycles. The first-order valence-electron chi connectivity index (χ1n) is 10.3. The summed E-state index contributed by atoms with van der Waals surface area (Å²) in [5, 5.41) is 33.2. The molecule has 0 aliphatic carbocycles. The molecule has 0 bridgehead atoms. The number of aliphatic hydroxyl groups is 1. The number of nitrogens with zero attached hydrogens (tertiary/aromatic N) is 5. The molecule has 0 spiro atoms. The van der Waals surface area contributed by atoms with Gasteiger partial charge < -0.3 is 36.8 Å². The summed E-state index contributed by atoms with van der Waals surface area (Å²) in [6.07, 6.45) is 0.259. The zero-order chi connectivity index (χ0) is 25.4. The highest BCUT2D eigenvalue weighted by atomic mass is 32.2. The predicted molar refractivity (Wildman–Crippen MR) is 127 cm³/mol. The van der Waals surface area contributed by atoms with Crippen LogP contribution in [0.15, 0.2) is 22.5 Å². The van der Waals surface area contributed by atoms with Crippen molar-refractivity contribution in [2.45, 2.75) is 31.3 Å². The van der Waals surface area contributed by atoms with Crippen LogP contribution in [-0.4, -0.2) is 81.5 Å². The van der Waals surface area contributed by atoms with Crippen molar-refractivity contribution in [2.24, 2.45) is 5.16 Å². The average Bonchev–Trinajstić information content (AvgIpc) is 3.35. The number of carbonyl (C=O) groups excluding carboxylic acids is 2. The summed E-state index contributed by atoms with van der Waals surface area (Å²) in [6, 6.07) is 0.698. The van der Waals surface area contributed by atoms with Crippen molar-refractivity contribution in [2.75, 3.05) is 23.8 Å². The molecule has 2 aliphatic heterocycles. The lowest BCUT2D eigenvalue weighted by molar-refractivity contribution is -0.150. The minimum Gasteiger partial charge on any atom is -0.477 e. The number of amides is 2. The van der Waals surface area contributed by atoms with Crippen LogP contribution >= 0.6 is 23.3 Å². The van der Waals surface area contributed by atoms with Gasteiger partial charge in [-0.25, -0.2) is 4.79 Å². The van der Waals surface area contributed by atoms with Gasteiger partial charge in [0.05, 0.1) is 6.61 Å². The lowest BCUT2D eigenvalue weighted by Gasteiger charge is -2.49. The maximum atomic E-state index is 12.9. The Morgan fingerprint density at radius 1 is 1.37 bits per heavy atom. The van der Waals surface area contributed by atoms with E-state index in [9.17, 15) is 29.8 Å². The monoisotopic (exact) mass is 522 g/mol. The van der Waals surface area contributed by atoms with E-state index in [2.05, 4.69) is 19.8 Å². The minimum absolute atomic E-state index is 0.0649. The van der Waals surface area contributed by atoms with Gasteiger partial charge in [-0.15, -0.1) is 11.8 Å². The Morgan fingerprint density at radius 2 is 2.11 bits per heavy atom. The number of thioether (sulfide) groups is 1. The van der Waals surface area contributed by atoms with Gasteiger partial charge in [0.15, 0.2) is 5.13 Å². The molecule has 0 radical (unpaired) electrons. The number of oxime groups is 1. The van der Waals surface area contributed by atoms with Gasteiger partial charge in [-0.05, 0) is 30.5 Å². The summed E-state index contributed by atoms with van der Waals surface area (Å²) < 4.78 is 5.55. The molecule has 35 heavy (non-hydrogen) atoms. The fourth-order valence-corrected chi connectivity index (χ4v) is 5.87. The fourth-order valence-electron chi connectivity index (χ4n) is 4.09. The molecule has 186 valence electrons. The number of nitrogens with one attached hydrogen (secondary N) is 1. The topological polar surface area (TPSA) is 222 Å². The van der Waals surface area contributed by atoms with Gasteiger partial charge in [-0.1, -0.05) is 5.16 Å². The minimum atomic E-state index is -1.26. The first-order chi connectivity index (χ1) is 16.7. The standard InChI is InChI=1S/C19H22N8O6S2/c1-7-8(5-10(20)26(7)2-3-28)4-9-6-34-17-12(16(30)27(17)13(9)18(31)32)22-15(29)11(24-33)14-23-19(21)35-25-14/h5,12,17,28,33H,2-4,6,20H2,1H3,(H,22,29)(H,31,32)(H2,21,23,25)/b24-11-/t12-,17-/m1/s1. The fraction of sp³-hybridized carbons (Fsp3) is 0.368. The van der Waals surface area contributed by atoms with E-state index in [1.165, 1.54) is 11.8 Å². The van der Waals surface area contributed by atoms with Crippen LogP contribution in [0, 0.1) is 6.92 Å². The number of aliphatic carboxylic acids is 1. The number of carbonyl (C=O) groups is 3. The van der Waals surface area contributed by atoms with Crippen molar-refractivity contribution in [1.82, 2.24) is 24.1 Å². The highest BCUT2D eigenvalue weighted by Crippen LogP contribution is 2.41. The molecule has 2 aliphatic rings. The van der Waals surface area contributed by atoms with Crippen molar-refractivity contribution in [3.05, 3.63) is 34.4 Å². The van der Waals surface area contributed by atoms with Crippen molar-refractivity contribution >= 4 is 57.7 Å². The predicted octanol–water partition coefficient (Wildman–Crippen LogP) is -1.04. The second kappa shape index (κ2) is 9.55. The Morgan fingerprint density at radius 3 is 2.71 bits per heavy atom. The highest BCUT2D eigenvalue weighted by molar-refractivity contribution is 8.00. The van der Waals surface area contributed by atoms with Crippen LogP contribution in [0.5, 0.6) is 0 Å². The largest absolute Gasteiger partial charge is 0.477 e. The van der Waals surface area contributed by atoms with Crippen LogP contribution in [0.1, 0.15) is 17.1 Å². The molecule has 1 fully saturated rings. The summed E-state index contributed by atoms with van der Waals surface area (Å²) in [4.78, 5) is 42.6. The Balaban J connectivity index is 1.54. The number of aromatic nitrogens is 3. The van der Waals surface area contributed by atoms with Gasteiger partial charge in [0.25, 0.3) is 11.8 Å². The van der Waals surface area contributed by atoms with Gasteiger partial charge in [0, 0.05) is 29.5 Å². The first kappa shape index (κ1) is 24.5. The number of carboxylic acids is 1. The van der Waals surface area contributed by atoms with E-state index >= 15 is 0 Å². The SMILES string of the molecule is Cc1c(CC2=C(C(=O)O)N3C(=O)[C@@H](NC(=O)/C(=N\O)c4nsc(N)n4)[C@H]3SC2)cc(N)n1CCO. The van der Waals surface area contributed by atoms with E-state index in [1.807, 2.05) is 6.92 Å². The van der Waals surface area contributed by atoms with E-state index in [0.717, 1.165) is 27.7 Å². The molecule has 16 heteroatoms. The number of anilines is 2. The third-order valence-electron chi connectivity index (χ3n) is 5.74. The number of hydrogen-bond donors (Lipinski definition) is 6. The smallest absolute Gasteiger partial charge is 0.352 e. The van der Waals surface area contributed by atoms with E-state index in [4.69, 9.17) is 11.5 Å². The number of aliphatic hydroxyl groups excluding tert-OH is 1. The lowest BCUT2D eigenvalue weighted by Crippen LogP contribution is -2.71. The Kier molecular flexibility index (Phi) is 6.68. The molecular weight excluding hydrogens is 500 g/mol. The Labute approximate surface area is 206 Å². The van der Waals surface area contributed by atoms with Gasteiger partial charge in [0.2, 0.25) is 11.5 Å². The van der Waals surface area contributed by atoms with E-state index in [-0.39, 0.29) is 29.7 Å². The molecule has 0 aromatic carbocycles. The second-order valence-corrected chi connectivity index (χ2v) is 9.64. The number of carboxylic acid groups (broad SMARTS) is 1. The molecule has 2 amide bonds. The van der Waals surface area contributed by atoms with Crippen molar-refractivity contribution < 1.29 is 29.8 Å². The van der Waals surface area contributed by atoms with Crippen LogP contribution in [0.2, 0.25) is 0 Å². The van der Waals surface area contributed by atoms with Crippen LogP contribution in [0.4, 0.5) is 10.9 Å². The third-order valence-corrected chi connectivity index (χ3v) is 7.62. The molecule has 8 N–H and O–H groups in total. The summed E-state index contributed by atoms with van der Waals surface area (Å²) in [5.74, 6) is -2.20. The first-order valence-corrected chi connectivity index (χ1v) is 12.1. The summed E-state index contributed by atoms with van der Waals surface area (Å²) in [6.45, 7) is 2.05. The van der Waals surface area contributed by atoms with Gasteiger partial charge in [0.1, 0.15) is 22.9 Å². The van der Waals surface area contributed by atoms with Crippen molar-refractivity contribution in [3.8, 4) is 0 Å². The molecule has 2 aromatic heterocycles. The van der Waals surface area contributed by atoms with Crippen LogP contribution in [0.3, 0.4) is 0 Å². The lowest BCUT2D eigenvalue weighted by atomic mass is 9.99. The van der Waals surface area contributed by atoms with Gasteiger partial charge in [-0.3, -0.25) is 14.5 Å². The zero-order valence-corrected chi connectivity index (χ0v) is 20.0. The highest BCUT2D eigenvalue weighted by Gasteiger charge is 2.54. The molecule has 0 saturated carbocycles. The van der Waals surface area contributed by atoms with Crippen LogP contribution in [0.25, 0.3) is 0 Å². The van der Waals surface area contributed by atoms with Gasteiger partial charge >= 0.3 is 5.97 Å². The second-order valence-electron chi connectivity index (χ2n) is 7.75. The number of β-lactam (4-membered cyclic amide) rings is 1. The maximum Gasteiger partial charge on any atom is 0.352 e. The molecule has 1 saturated heterocycles. The number of nitrogen functional groups attached to an aromatic ring is 2. The molecule has 0 unspecified atom stereocenters. The number of rotatable bonds is 8. The Hall–Kier alpha value is -3.63. The molecular formula is C19H22N8O6S2. The van der Waals surface area contributed by atoms with Gasteiger partial charge in [-0.2, -0.15) is 9.36 Å². The normalized spacial score (nSPS) is 20.0. The molecule has 14 nitrogen and oxygen atoms in total. The number of hydrogen-bond acceptors (Lipinski definition) is 12. The maximum absolute atomic E-state index is 12.9. The van der Waals surface area contributed by atoms with Crippen LogP contribution < -0.4 is 16.8 Å². The Bertz CT molecular complexity index is 1270. The number of nitrogens with two attached hydrogens (primary N) is 2. The van der Waals surface area contributed by atoms with Crippen molar-refractivity contribution in [1.29, 1.82) is 0 Å². The zero-order valence-electron chi connectivity index (χ0n) is 18.3. The average molecular weight is 523 g/mol. The van der Waals surface area contributed by atoms with E-state index in [0.29, 0.717) is 23.7 Å². The summed E-state index contributed by atoms with van der Waals surface area (Å²) in [7, 11) is 0. The third kappa shape index (κ3) is 4.30. The summed E-state index contributed by atoms with van der Waals surface area (Å²) in [5.41, 5.74) is 13.0. The molecule has 2 atom stereocenters. The molecule has 2 aromatic rings. The van der Waals surface area contributed by atoms with Crippen molar-refractivity contribution in [3.63, 3.8) is 0 Å². The summed E-state index contributed by atoms with van der Waals surface area (Å²) >= 11 is 2.11. The van der Waals surface area contributed by atoms with Crippen LogP contribution in [-0.2, 0) is 27.3 Å². The quantitative estimate of drug-likeness (QED) is 0.106.